The van der Waals surface area contributed by atoms with Crippen molar-refractivity contribution in [1.29, 1.82) is 0 Å². The Morgan fingerprint density at radius 1 is 0.714 bits per heavy atom. The van der Waals surface area contributed by atoms with Gasteiger partial charge in [0.05, 0.1) is 0 Å². The molecule has 0 atom stereocenters. The number of nitrogens with one attached hydrogen (secondary N) is 1. The number of allylic oxidation sites excluding steroid dienone is 8. The molecule has 0 bridgehead atoms. The van der Waals surface area contributed by atoms with E-state index in [1.165, 1.54) is 25.7 Å². The molecule has 0 saturated heterocycles. The number of rotatable bonds is 18. The van der Waals surface area contributed by atoms with Crippen LogP contribution in [0.3, 0.4) is 0 Å². The average molecular weight is 390 g/mol. The molecule has 158 valence electrons. The Morgan fingerprint density at radius 2 is 1.25 bits per heavy atom. The van der Waals surface area contributed by atoms with Gasteiger partial charge in [-0.15, -0.1) is 0 Å². The summed E-state index contributed by atoms with van der Waals surface area (Å²) < 4.78 is 0. The van der Waals surface area contributed by atoms with Gasteiger partial charge in [-0.1, -0.05) is 68.4 Å². The van der Waals surface area contributed by atoms with Crippen molar-refractivity contribution in [3.8, 4) is 0 Å². The highest BCUT2D eigenvalue weighted by molar-refractivity contribution is 5.75. The molecule has 2 N–H and O–H groups in total. The number of carbonyl (C=O) groups excluding carboxylic acids is 1. The Kier molecular flexibility index (Phi) is 19.6. The summed E-state index contributed by atoms with van der Waals surface area (Å²) in [5.74, 6) is -0.823. The van der Waals surface area contributed by atoms with Gasteiger partial charge in [-0.3, -0.25) is 9.59 Å². The van der Waals surface area contributed by atoms with E-state index in [-0.39, 0.29) is 12.3 Å². The summed E-state index contributed by atoms with van der Waals surface area (Å²) in [6.45, 7) is 2.67. The zero-order valence-electron chi connectivity index (χ0n) is 17.6. The van der Waals surface area contributed by atoms with Gasteiger partial charge in [0.15, 0.2) is 0 Å². The van der Waals surface area contributed by atoms with Crippen LogP contribution >= 0.6 is 0 Å². The summed E-state index contributed by atoms with van der Waals surface area (Å²) in [4.78, 5) is 21.9. The standard InChI is InChI=1S/C24H39NO3/c1-2-3-4-5-6-7-8-9-10-11-12-13-14-15-16-17-18-20-23(26)25-22-19-21-24(27)28/h6-7,9-10,12-13,15-16H,2-5,8,11,14,17-22H2,1H3,(H,25,26)(H,27,28)/b7-6-,10-9-,13-12-,16-15-. The molecule has 0 aromatic rings. The van der Waals surface area contributed by atoms with E-state index in [4.69, 9.17) is 5.11 Å². The minimum Gasteiger partial charge on any atom is -0.481 e. The van der Waals surface area contributed by atoms with Crippen LogP contribution in [0, 0.1) is 0 Å². The third-order valence-electron chi connectivity index (χ3n) is 4.12. The molecule has 1 amide bonds. The molecule has 0 aromatic heterocycles. The largest absolute Gasteiger partial charge is 0.481 e. The van der Waals surface area contributed by atoms with E-state index in [2.05, 4.69) is 60.8 Å². The fraction of sp³-hybridized carbons (Fsp3) is 0.583. The molecule has 0 unspecified atom stereocenters. The third-order valence-corrected chi connectivity index (χ3v) is 4.12. The number of hydrogen-bond donors (Lipinski definition) is 2. The molecule has 0 aliphatic rings. The Balaban J connectivity index is 3.47. The molecule has 4 nitrogen and oxygen atoms in total. The van der Waals surface area contributed by atoms with Crippen molar-refractivity contribution in [1.82, 2.24) is 5.32 Å². The molecule has 0 aliphatic heterocycles. The molecule has 0 aliphatic carbocycles. The normalized spacial score (nSPS) is 12.0. The van der Waals surface area contributed by atoms with Crippen molar-refractivity contribution in [2.24, 2.45) is 0 Å². The molecular formula is C24H39NO3. The number of hydrogen-bond acceptors (Lipinski definition) is 2. The van der Waals surface area contributed by atoms with E-state index >= 15 is 0 Å². The van der Waals surface area contributed by atoms with E-state index in [0.29, 0.717) is 19.4 Å². The second-order valence-corrected chi connectivity index (χ2v) is 6.83. The number of carbonyl (C=O) groups is 2. The summed E-state index contributed by atoms with van der Waals surface area (Å²) in [5, 5.41) is 11.3. The minimum absolute atomic E-state index is 0.00118. The Hall–Kier alpha value is -2.10. The summed E-state index contributed by atoms with van der Waals surface area (Å²) in [7, 11) is 0. The van der Waals surface area contributed by atoms with Crippen LogP contribution in [0.1, 0.15) is 84.0 Å². The first-order chi connectivity index (χ1) is 13.7. The van der Waals surface area contributed by atoms with E-state index in [0.717, 1.165) is 32.1 Å². The molecular weight excluding hydrogens is 350 g/mol. The van der Waals surface area contributed by atoms with Crippen molar-refractivity contribution in [3.05, 3.63) is 48.6 Å². The van der Waals surface area contributed by atoms with Crippen molar-refractivity contribution >= 4 is 11.9 Å². The van der Waals surface area contributed by atoms with Gasteiger partial charge in [-0.2, -0.15) is 0 Å². The van der Waals surface area contributed by atoms with Crippen molar-refractivity contribution in [3.63, 3.8) is 0 Å². The maximum Gasteiger partial charge on any atom is 0.303 e. The molecule has 28 heavy (non-hydrogen) atoms. The summed E-state index contributed by atoms with van der Waals surface area (Å²) in [6.07, 6.45) is 28.3. The molecule has 0 rings (SSSR count). The highest BCUT2D eigenvalue weighted by Crippen LogP contribution is 2.01. The van der Waals surface area contributed by atoms with Crippen LogP contribution in [-0.4, -0.2) is 23.5 Å². The van der Waals surface area contributed by atoms with Crippen LogP contribution in [0.15, 0.2) is 48.6 Å². The zero-order valence-corrected chi connectivity index (χ0v) is 17.6. The van der Waals surface area contributed by atoms with Crippen molar-refractivity contribution in [2.75, 3.05) is 6.54 Å². The van der Waals surface area contributed by atoms with Gasteiger partial charge < -0.3 is 10.4 Å². The molecule has 0 aromatic carbocycles. The number of aliphatic carboxylic acids is 1. The maximum atomic E-state index is 11.5. The lowest BCUT2D eigenvalue weighted by molar-refractivity contribution is -0.137. The topological polar surface area (TPSA) is 66.4 Å². The maximum absolute atomic E-state index is 11.5. The molecule has 0 radical (unpaired) electrons. The Morgan fingerprint density at radius 3 is 1.79 bits per heavy atom. The minimum atomic E-state index is -0.824. The highest BCUT2D eigenvalue weighted by Gasteiger charge is 2.00. The second-order valence-electron chi connectivity index (χ2n) is 6.83. The number of amides is 1. The quantitative estimate of drug-likeness (QED) is 0.219. The summed E-state index contributed by atoms with van der Waals surface area (Å²) >= 11 is 0. The van der Waals surface area contributed by atoms with Crippen molar-refractivity contribution < 1.29 is 14.7 Å². The predicted molar refractivity (Wildman–Crippen MR) is 118 cm³/mol. The van der Waals surface area contributed by atoms with Gasteiger partial charge in [-0.25, -0.2) is 0 Å². The SMILES string of the molecule is CCCCC/C=C\C/C=C\C/C=C\C/C=C\CCCC(=O)NCCCC(=O)O. The van der Waals surface area contributed by atoms with E-state index < -0.39 is 5.97 Å². The highest BCUT2D eigenvalue weighted by atomic mass is 16.4. The number of unbranched alkanes of at least 4 members (excludes halogenated alkanes) is 4. The first kappa shape index (κ1) is 25.9. The lowest BCUT2D eigenvalue weighted by atomic mass is 10.2. The van der Waals surface area contributed by atoms with Crippen LogP contribution in [-0.2, 0) is 9.59 Å². The van der Waals surface area contributed by atoms with Crippen LogP contribution in [0.4, 0.5) is 0 Å². The second kappa shape index (κ2) is 21.2. The van der Waals surface area contributed by atoms with Gasteiger partial charge in [0, 0.05) is 19.4 Å². The van der Waals surface area contributed by atoms with E-state index in [1.807, 2.05) is 0 Å². The smallest absolute Gasteiger partial charge is 0.303 e. The molecule has 0 spiro atoms. The molecule has 4 heteroatoms. The van der Waals surface area contributed by atoms with E-state index in [1.54, 1.807) is 0 Å². The van der Waals surface area contributed by atoms with Gasteiger partial charge in [0.2, 0.25) is 5.91 Å². The number of carboxylic acids is 1. The fourth-order valence-electron chi connectivity index (χ4n) is 2.50. The zero-order chi connectivity index (χ0) is 20.7. The van der Waals surface area contributed by atoms with Gasteiger partial charge in [0.25, 0.3) is 0 Å². The van der Waals surface area contributed by atoms with Crippen LogP contribution in [0.2, 0.25) is 0 Å². The summed E-state index contributed by atoms with van der Waals surface area (Å²) in [5.41, 5.74) is 0. The molecule has 0 saturated carbocycles. The average Bonchev–Trinajstić information content (AvgIpc) is 2.67. The first-order valence-corrected chi connectivity index (χ1v) is 10.7. The lowest BCUT2D eigenvalue weighted by Gasteiger charge is -2.02. The predicted octanol–water partition coefficient (Wildman–Crippen LogP) is 6.11. The Bertz CT molecular complexity index is 504. The molecule has 0 fully saturated rings. The monoisotopic (exact) mass is 389 g/mol. The van der Waals surface area contributed by atoms with Crippen molar-refractivity contribution in [2.45, 2.75) is 84.0 Å². The van der Waals surface area contributed by atoms with E-state index in [9.17, 15) is 9.59 Å². The third kappa shape index (κ3) is 21.9. The van der Waals surface area contributed by atoms with Gasteiger partial charge in [0.1, 0.15) is 0 Å². The number of carboxylic acid groups (broad SMARTS) is 1. The summed E-state index contributed by atoms with van der Waals surface area (Å²) in [6, 6.07) is 0. The lowest BCUT2D eigenvalue weighted by Crippen LogP contribution is -2.24. The first-order valence-electron chi connectivity index (χ1n) is 10.7. The van der Waals surface area contributed by atoms with Gasteiger partial charge >= 0.3 is 5.97 Å². The Labute approximate surface area is 171 Å². The van der Waals surface area contributed by atoms with Crippen LogP contribution in [0.25, 0.3) is 0 Å². The van der Waals surface area contributed by atoms with Crippen LogP contribution < -0.4 is 5.32 Å². The fourth-order valence-corrected chi connectivity index (χ4v) is 2.50. The van der Waals surface area contributed by atoms with Gasteiger partial charge in [-0.05, 0) is 51.4 Å². The van der Waals surface area contributed by atoms with Crippen LogP contribution in [0.5, 0.6) is 0 Å². The molecule has 0 heterocycles.